The number of alkyl halides is 1. The van der Waals surface area contributed by atoms with Crippen LogP contribution in [0.1, 0.15) is 60.8 Å². The fraction of sp³-hybridized carbons (Fsp3) is 1.00. The highest BCUT2D eigenvalue weighted by molar-refractivity contribution is 9.09. The lowest BCUT2D eigenvalue weighted by atomic mass is 10.3. The lowest BCUT2D eigenvalue weighted by Gasteiger charge is -2.42. The second-order valence-electron chi connectivity index (χ2n) is 5.92. The van der Waals surface area contributed by atoms with Gasteiger partial charge in [0, 0.05) is 11.9 Å². The summed E-state index contributed by atoms with van der Waals surface area (Å²) >= 11 is 3.48. The summed E-state index contributed by atoms with van der Waals surface area (Å²) in [6, 6.07) is 0. The van der Waals surface area contributed by atoms with Crippen molar-refractivity contribution >= 4 is 24.2 Å². The number of halogens is 1. The molecule has 0 aromatic heterocycles. The predicted octanol–water partition coefficient (Wildman–Crippen LogP) is 5.74. The Hall–Kier alpha value is 0.657. The van der Waals surface area contributed by atoms with Gasteiger partial charge in [0.05, 0.1) is 0 Å². The van der Waals surface area contributed by atoms with Crippen LogP contribution in [-0.2, 0) is 4.43 Å². The van der Waals surface area contributed by atoms with Crippen molar-refractivity contribution in [2.45, 2.75) is 77.4 Å². The molecule has 0 fully saturated rings. The molecule has 0 unspecified atom stereocenters. The Balaban J connectivity index is 4.38. The van der Waals surface area contributed by atoms with Gasteiger partial charge in [0.25, 0.3) is 0 Å². The summed E-state index contributed by atoms with van der Waals surface area (Å²) < 4.78 is 6.48. The Morgan fingerprint density at radius 1 is 0.824 bits per heavy atom. The van der Waals surface area contributed by atoms with E-state index in [9.17, 15) is 0 Å². The van der Waals surface area contributed by atoms with Crippen molar-refractivity contribution in [2.24, 2.45) is 0 Å². The largest absolute Gasteiger partial charge is 0.416 e. The number of hydrogen-bond donors (Lipinski definition) is 0. The minimum atomic E-state index is -1.60. The maximum absolute atomic E-state index is 6.48. The second kappa shape index (κ2) is 8.71. The SMILES string of the molecule is CC(C)[Si](OCCCCCBr)(C(C)C)C(C)C. The molecular formula is C14H31BrOSi. The van der Waals surface area contributed by atoms with E-state index in [1.54, 1.807) is 0 Å². The average molecular weight is 323 g/mol. The lowest BCUT2D eigenvalue weighted by molar-refractivity contribution is 0.269. The Kier molecular flexibility index (Phi) is 9.04. The molecule has 0 saturated heterocycles. The molecule has 0 bridgehead atoms. The van der Waals surface area contributed by atoms with Gasteiger partial charge < -0.3 is 4.43 Å². The normalized spacial score (nSPS) is 13.1. The van der Waals surface area contributed by atoms with E-state index >= 15 is 0 Å². The molecule has 0 aliphatic rings. The fourth-order valence-corrected chi connectivity index (χ4v) is 9.02. The van der Waals surface area contributed by atoms with Crippen molar-refractivity contribution in [3.05, 3.63) is 0 Å². The zero-order valence-electron chi connectivity index (χ0n) is 12.6. The predicted molar refractivity (Wildman–Crippen MR) is 84.6 cm³/mol. The zero-order chi connectivity index (χ0) is 13.5. The molecule has 0 saturated carbocycles. The van der Waals surface area contributed by atoms with Crippen LogP contribution < -0.4 is 0 Å². The van der Waals surface area contributed by atoms with Gasteiger partial charge in [-0.3, -0.25) is 0 Å². The van der Waals surface area contributed by atoms with E-state index < -0.39 is 8.32 Å². The van der Waals surface area contributed by atoms with Crippen molar-refractivity contribution in [3.8, 4) is 0 Å². The van der Waals surface area contributed by atoms with Gasteiger partial charge >= 0.3 is 0 Å². The Labute approximate surface area is 118 Å². The van der Waals surface area contributed by atoms with Gasteiger partial charge in [-0.15, -0.1) is 0 Å². The minimum Gasteiger partial charge on any atom is -0.416 e. The number of hydrogen-bond acceptors (Lipinski definition) is 1. The van der Waals surface area contributed by atoms with Gasteiger partial charge in [0.2, 0.25) is 0 Å². The Morgan fingerprint density at radius 2 is 1.29 bits per heavy atom. The third-order valence-corrected chi connectivity index (χ3v) is 10.5. The molecule has 17 heavy (non-hydrogen) atoms. The molecule has 0 heterocycles. The Morgan fingerprint density at radius 3 is 1.65 bits per heavy atom. The Bertz CT molecular complexity index is 171. The zero-order valence-corrected chi connectivity index (χ0v) is 15.1. The average Bonchev–Trinajstić information content (AvgIpc) is 2.21. The molecule has 0 aromatic rings. The van der Waals surface area contributed by atoms with Crippen molar-refractivity contribution in [3.63, 3.8) is 0 Å². The first-order chi connectivity index (χ1) is 7.89. The third-order valence-electron chi connectivity index (χ3n) is 3.84. The molecule has 0 amide bonds. The highest BCUT2D eigenvalue weighted by atomic mass is 79.9. The van der Waals surface area contributed by atoms with Gasteiger partial charge in [-0.25, -0.2) is 0 Å². The van der Waals surface area contributed by atoms with Crippen LogP contribution in [0, 0.1) is 0 Å². The fourth-order valence-electron chi connectivity index (χ4n) is 3.12. The molecule has 104 valence electrons. The van der Waals surface area contributed by atoms with E-state index in [0.717, 1.165) is 11.9 Å². The van der Waals surface area contributed by atoms with Crippen LogP contribution in [0.4, 0.5) is 0 Å². The molecule has 3 heteroatoms. The summed E-state index contributed by atoms with van der Waals surface area (Å²) in [6.07, 6.45) is 3.76. The van der Waals surface area contributed by atoms with Crippen LogP contribution in [0.25, 0.3) is 0 Å². The second-order valence-corrected chi connectivity index (χ2v) is 12.2. The molecular weight excluding hydrogens is 292 g/mol. The van der Waals surface area contributed by atoms with Crippen LogP contribution >= 0.6 is 15.9 Å². The van der Waals surface area contributed by atoms with Gasteiger partial charge in [-0.05, 0) is 29.5 Å². The first kappa shape index (κ1) is 17.7. The molecule has 0 atom stereocenters. The van der Waals surface area contributed by atoms with Crippen LogP contribution in [-0.4, -0.2) is 20.3 Å². The summed E-state index contributed by atoms with van der Waals surface area (Å²) in [4.78, 5) is 0. The maximum atomic E-state index is 6.48. The third kappa shape index (κ3) is 5.04. The van der Waals surface area contributed by atoms with E-state index in [1.807, 2.05) is 0 Å². The van der Waals surface area contributed by atoms with Gasteiger partial charge in [-0.2, -0.15) is 0 Å². The quantitative estimate of drug-likeness (QED) is 0.298. The molecule has 0 radical (unpaired) electrons. The van der Waals surface area contributed by atoms with Crippen molar-refractivity contribution < 1.29 is 4.43 Å². The van der Waals surface area contributed by atoms with Crippen LogP contribution in [0.3, 0.4) is 0 Å². The van der Waals surface area contributed by atoms with E-state index in [4.69, 9.17) is 4.43 Å². The highest BCUT2D eigenvalue weighted by Gasteiger charge is 2.44. The van der Waals surface area contributed by atoms with E-state index in [0.29, 0.717) is 16.6 Å². The molecule has 0 N–H and O–H groups in total. The lowest BCUT2D eigenvalue weighted by Crippen LogP contribution is -2.47. The molecule has 0 aromatic carbocycles. The molecule has 0 rings (SSSR count). The highest BCUT2D eigenvalue weighted by Crippen LogP contribution is 2.42. The molecule has 0 aliphatic carbocycles. The molecule has 0 spiro atoms. The van der Waals surface area contributed by atoms with Gasteiger partial charge in [0.1, 0.15) is 0 Å². The monoisotopic (exact) mass is 322 g/mol. The first-order valence-corrected chi connectivity index (χ1v) is 10.4. The number of unbranched alkanes of at least 4 members (excludes halogenated alkanes) is 2. The van der Waals surface area contributed by atoms with E-state index in [1.165, 1.54) is 19.3 Å². The van der Waals surface area contributed by atoms with Crippen LogP contribution in [0.15, 0.2) is 0 Å². The smallest absolute Gasteiger partial charge is 0.200 e. The topological polar surface area (TPSA) is 9.23 Å². The standard InChI is InChI=1S/C14H31BrOSi/c1-12(2)17(13(3)4,14(5)6)16-11-9-7-8-10-15/h12-14H,7-11H2,1-6H3. The van der Waals surface area contributed by atoms with Crippen LogP contribution in [0.5, 0.6) is 0 Å². The number of rotatable bonds is 9. The van der Waals surface area contributed by atoms with Crippen LogP contribution in [0.2, 0.25) is 16.6 Å². The van der Waals surface area contributed by atoms with Crippen molar-refractivity contribution in [1.82, 2.24) is 0 Å². The van der Waals surface area contributed by atoms with Gasteiger partial charge in [0.15, 0.2) is 8.32 Å². The van der Waals surface area contributed by atoms with Crippen molar-refractivity contribution in [1.29, 1.82) is 0 Å². The summed E-state index contributed by atoms with van der Waals surface area (Å²) in [5.41, 5.74) is 2.12. The van der Waals surface area contributed by atoms with E-state index in [2.05, 4.69) is 57.5 Å². The minimum absolute atomic E-state index is 0.707. The summed E-state index contributed by atoms with van der Waals surface area (Å²) in [7, 11) is -1.60. The van der Waals surface area contributed by atoms with E-state index in [-0.39, 0.29) is 0 Å². The van der Waals surface area contributed by atoms with Crippen molar-refractivity contribution in [2.75, 3.05) is 11.9 Å². The maximum Gasteiger partial charge on any atom is 0.200 e. The first-order valence-electron chi connectivity index (χ1n) is 7.09. The molecule has 0 aliphatic heterocycles. The molecule has 1 nitrogen and oxygen atoms in total. The summed E-state index contributed by atoms with van der Waals surface area (Å²) in [6.45, 7) is 15.1. The summed E-state index contributed by atoms with van der Waals surface area (Å²) in [5.74, 6) is 0. The van der Waals surface area contributed by atoms with Gasteiger partial charge in [-0.1, -0.05) is 63.9 Å². The summed E-state index contributed by atoms with van der Waals surface area (Å²) in [5, 5.41) is 1.12.